The summed E-state index contributed by atoms with van der Waals surface area (Å²) in [5, 5.41) is 3.26. The molecule has 0 radical (unpaired) electrons. The number of amides is 2. The molecule has 0 spiro atoms. The van der Waals surface area contributed by atoms with Crippen molar-refractivity contribution < 1.29 is 14.3 Å². The van der Waals surface area contributed by atoms with Gasteiger partial charge in [-0.25, -0.2) is 0 Å². The number of halogens is 1. The maximum Gasteiger partial charge on any atom is 0.241 e. The van der Waals surface area contributed by atoms with E-state index < -0.39 is 0 Å². The van der Waals surface area contributed by atoms with Crippen LogP contribution in [0.15, 0.2) is 24.3 Å². The van der Waals surface area contributed by atoms with Crippen LogP contribution in [0.5, 0.6) is 5.75 Å². The van der Waals surface area contributed by atoms with Crippen molar-refractivity contribution in [3.63, 3.8) is 0 Å². The average molecular weight is 311 g/mol. The number of rotatable bonds is 6. The number of nitrogens with one attached hydrogen (secondary N) is 1. The number of hydrogen-bond donors (Lipinski definition) is 1. The molecule has 0 aromatic heterocycles. The molecule has 1 saturated heterocycles. The summed E-state index contributed by atoms with van der Waals surface area (Å²) in [6.45, 7) is 1.94. The Kier molecular flexibility index (Phi) is 5.87. The van der Waals surface area contributed by atoms with Gasteiger partial charge in [-0.2, -0.15) is 0 Å². The molecule has 2 amide bonds. The molecule has 2 rings (SSSR count). The van der Waals surface area contributed by atoms with E-state index >= 15 is 0 Å². The average Bonchev–Trinajstić information content (AvgIpc) is 3.01. The van der Waals surface area contributed by atoms with E-state index in [1.165, 1.54) is 0 Å². The van der Waals surface area contributed by atoms with Crippen molar-refractivity contribution in [2.45, 2.75) is 19.3 Å². The second-order valence-corrected chi connectivity index (χ2v) is 5.35. The minimum atomic E-state index is -0.184. The first-order valence-electron chi connectivity index (χ1n) is 7.08. The Labute approximate surface area is 129 Å². The highest BCUT2D eigenvalue weighted by molar-refractivity contribution is 6.30. The van der Waals surface area contributed by atoms with Crippen LogP contribution >= 0.6 is 11.6 Å². The normalized spacial score (nSPS) is 14.0. The zero-order chi connectivity index (χ0) is 15.1. The highest BCUT2D eigenvalue weighted by Crippen LogP contribution is 2.15. The molecule has 6 heteroatoms. The van der Waals surface area contributed by atoms with Gasteiger partial charge in [0.05, 0.1) is 19.6 Å². The van der Waals surface area contributed by atoms with Crippen molar-refractivity contribution in [3.05, 3.63) is 29.3 Å². The molecule has 1 aliphatic rings. The number of likely N-dealkylation sites (tertiary alicyclic amines) is 1. The fraction of sp³-hybridized carbons (Fsp3) is 0.467. The molecule has 114 valence electrons. The predicted octanol–water partition coefficient (Wildman–Crippen LogP) is 1.85. The van der Waals surface area contributed by atoms with Crippen molar-refractivity contribution in [2.24, 2.45) is 0 Å². The van der Waals surface area contributed by atoms with Crippen molar-refractivity contribution in [1.82, 2.24) is 10.2 Å². The maximum atomic E-state index is 11.7. The molecule has 1 N–H and O–H groups in total. The Morgan fingerprint density at radius 2 is 1.86 bits per heavy atom. The SMILES string of the molecule is O=C(CCOc1ccc(Cl)cc1)NCC(=O)N1CCCC1. The summed E-state index contributed by atoms with van der Waals surface area (Å²) in [5.74, 6) is 0.469. The minimum Gasteiger partial charge on any atom is -0.493 e. The molecule has 0 unspecified atom stereocenters. The molecule has 1 aromatic carbocycles. The first kappa shape index (κ1) is 15.6. The molecule has 1 fully saturated rings. The topological polar surface area (TPSA) is 58.6 Å². The van der Waals surface area contributed by atoms with Crippen molar-refractivity contribution >= 4 is 23.4 Å². The van der Waals surface area contributed by atoms with Crippen LogP contribution in [0.4, 0.5) is 0 Å². The summed E-state index contributed by atoms with van der Waals surface area (Å²) < 4.78 is 5.42. The van der Waals surface area contributed by atoms with Gasteiger partial charge in [-0.05, 0) is 37.1 Å². The summed E-state index contributed by atoms with van der Waals surface area (Å²) >= 11 is 5.77. The zero-order valence-electron chi connectivity index (χ0n) is 11.8. The highest BCUT2D eigenvalue weighted by Gasteiger charge is 2.17. The molecule has 0 aliphatic carbocycles. The number of ether oxygens (including phenoxy) is 1. The third kappa shape index (κ3) is 5.27. The lowest BCUT2D eigenvalue weighted by molar-refractivity contribution is -0.132. The van der Waals surface area contributed by atoms with Gasteiger partial charge in [-0.3, -0.25) is 9.59 Å². The van der Waals surface area contributed by atoms with Gasteiger partial charge < -0.3 is 15.0 Å². The summed E-state index contributed by atoms with van der Waals surface area (Å²) in [6.07, 6.45) is 2.32. The fourth-order valence-electron chi connectivity index (χ4n) is 2.13. The van der Waals surface area contributed by atoms with Crippen molar-refractivity contribution in [2.75, 3.05) is 26.2 Å². The first-order valence-corrected chi connectivity index (χ1v) is 7.46. The standard InChI is InChI=1S/C15H19ClN2O3/c16-12-3-5-13(6-4-12)21-10-7-14(19)17-11-15(20)18-8-1-2-9-18/h3-6H,1-2,7-11H2,(H,17,19). The molecular formula is C15H19ClN2O3. The summed E-state index contributed by atoms with van der Waals surface area (Å²) in [5.41, 5.74) is 0. The van der Waals surface area contributed by atoms with Gasteiger partial charge in [0, 0.05) is 18.1 Å². The Hall–Kier alpha value is -1.75. The quantitative estimate of drug-likeness (QED) is 0.872. The van der Waals surface area contributed by atoms with Gasteiger partial charge in [-0.15, -0.1) is 0 Å². The van der Waals surface area contributed by atoms with E-state index in [0.29, 0.717) is 10.8 Å². The number of benzene rings is 1. The zero-order valence-corrected chi connectivity index (χ0v) is 12.6. The third-order valence-electron chi connectivity index (χ3n) is 3.31. The number of carbonyl (C=O) groups excluding carboxylic acids is 2. The predicted molar refractivity (Wildman–Crippen MR) is 80.4 cm³/mol. The fourth-order valence-corrected chi connectivity index (χ4v) is 2.26. The molecule has 0 saturated carbocycles. The van der Waals surface area contributed by atoms with E-state index in [1.54, 1.807) is 29.2 Å². The molecule has 1 aromatic rings. The van der Waals surface area contributed by atoms with Gasteiger partial charge in [0.25, 0.3) is 0 Å². The molecular weight excluding hydrogens is 292 g/mol. The summed E-state index contributed by atoms with van der Waals surface area (Å²) in [6, 6.07) is 6.95. The Bertz CT molecular complexity index is 484. The van der Waals surface area contributed by atoms with Crippen LogP contribution in [0.2, 0.25) is 5.02 Å². The minimum absolute atomic E-state index is 0.0144. The monoisotopic (exact) mass is 310 g/mol. The van der Waals surface area contributed by atoms with Gasteiger partial charge in [0.1, 0.15) is 5.75 Å². The lowest BCUT2D eigenvalue weighted by Crippen LogP contribution is -2.38. The van der Waals surface area contributed by atoms with Crippen LogP contribution in [-0.4, -0.2) is 43.0 Å². The van der Waals surface area contributed by atoms with Gasteiger partial charge in [0.15, 0.2) is 0 Å². The van der Waals surface area contributed by atoms with Gasteiger partial charge in [-0.1, -0.05) is 11.6 Å². The molecule has 1 heterocycles. The second kappa shape index (κ2) is 7.88. The lowest BCUT2D eigenvalue weighted by atomic mass is 10.3. The van der Waals surface area contributed by atoms with Crippen molar-refractivity contribution in [3.8, 4) is 5.75 Å². The Morgan fingerprint density at radius 3 is 2.52 bits per heavy atom. The van der Waals surface area contributed by atoms with E-state index in [2.05, 4.69) is 5.32 Å². The van der Waals surface area contributed by atoms with E-state index in [9.17, 15) is 9.59 Å². The highest BCUT2D eigenvalue weighted by atomic mass is 35.5. The van der Waals surface area contributed by atoms with Gasteiger partial charge in [0.2, 0.25) is 11.8 Å². The molecule has 0 bridgehead atoms. The molecule has 5 nitrogen and oxygen atoms in total. The largest absolute Gasteiger partial charge is 0.493 e. The van der Waals surface area contributed by atoms with E-state index in [1.807, 2.05) is 0 Å². The third-order valence-corrected chi connectivity index (χ3v) is 3.56. The van der Waals surface area contributed by atoms with Crippen LogP contribution in [-0.2, 0) is 9.59 Å². The number of carbonyl (C=O) groups is 2. The summed E-state index contributed by atoms with van der Waals surface area (Å²) in [7, 11) is 0. The van der Waals surface area contributed by atoms with Crippen LogP contribution in [0, 0.1) is 0 Å². The maximum absolute atomic E-state index is 11.7. The smallest absolute Gasteiger partial charge is 0.241 e. The van der Waals surface area contributed by atoms with Crippen LogP contribution in [0.3, 0.4) is 0 Å². The number of nitrogens with zero attached hydrogens (tertiary/aromatic N) is 1. The van der Waals surface area contributed by atoms with E-state index in [4.69, 9.17) is 16.3 Å². The lowest BCUT2D eigenvalue weighted by Gasteiger charge is -2.15. The van der Waals surface area contributed by atoms with Crippen LogP contribution in [0.1, 0.15) is 19.3 Å². The molecule has 0 atom stereocenters. The molecule has 1 aliphatic heterocycles. The second-order valence-electron chi connectivity index (χ2n) is 4.92. The van der Waals surface area contributed by atoms with Gasteiger partial charge >= 0.3 is 0 Å². The summed E-state index contributed by atoms with van der Waals surface area (Å²) in [4.78, 5) is 25.2. The van der Waals surface area contributed by atoms with Crippen LogP contribution in [0.25, 0.3) is 0 Å². The Balaban J connectivity index is 1.61. The number of hydrogen-bond acceptors (Lipinski definition) is 3. The molecule has 21 heavy (non-hydrogen) atoms. The first-order chi connectivity index (χ1) is 10.1. The van der Waals surface area contributed by atoms with E-state index in [-0.39, 0.29) is 31.4 Å². The van der Waals surface area contributed by atoms with E-state index in [0.717, 1.165) is 25.9 Å². The van der Waals surface area contributed by atoms with Crippen molar-refractivity contribution in [1.29, 1.82) is 0 Å². The van der Waals surface area contributed by atoms with Crippen LogP contribution < -0.4 is 10.1 Å². The Morgan fingerprint density at radius 1 is 1.19 bits per heavy atom.